The second-order valence-corrected chi connectivity index (χ2v) is 4.50. The first kappa shape index (κ1) is 16.5. The van der Waals surface area contributed by atoms with Crippen LogP contribution in [0.3, 0.4) is 0 Å². The van der Waals surface area contributed by atoms with E-state index in [4.69, 9.17) is 4.74 Å². The molecule has 1 rings (SSSR count). The minimum absolute atomic E-state index is 0.308. The number of methoxy groups -OCH3 is 1. The minimum Gasteiger partial charge on any atom is -0.387 e. The molecule has 0 fully saturated rings. The highest BCUT2D eigenvalue weighted by atomic mass is 19.1. The molecule has 0 aliphatic heterocycles. The van der Waals surface area contributed by atoms with E-state index in [9.17, 15) is 19.6 Å². The number of hydrogen-bond donors (Lipinski definition) is 2. The van der Waals surface area contributed by atoms with Gasteiger partial charge in [-0.2, -0.15) is 4.39 Å². The molecule has 0 heterocycles. The summed E-state index contributed by atoms with van der Waals surface area (Å²) >= 11 is 0. The number of nitro groups is 1. The Morgan fingerprint density at radius 3 is 2.85 bits per heavy atom. The molecule has 0 aliphatic rings. The van der Waals surface area contributed by atoms with Gasteiger partial charge in [0.15, 0.2) is 0 Å². The molecule has 2 N–H and O–H groups in total. The highest BCUT2D eigenvalue weighted by molar-refractivity contribution is 5.37. The van der Waals surface area contributed by atoms with Gasteiger partial charge in [-0.1, -0.05) is 6.07 Å². The Labute approximate surface area is 116 Å². The Kier molecular flexibility index (Phi) is 6.50. The Balaban J connectivity index is 2.68. The second-order valence-electron chi connectivity index (χ2n) is 4.50. The molecule has 0 saturated carbocycles. The number of rotatable bonds is 8. The molecule has 0 aromatic heterocycles. The lowest BCUT2D eigenvalue weighted by Crippen LogP contribution is -2.33. The highest BCUT2D eigenvalue weighted by Gasteiger charge is 2.21. The Hall–Kier alpha value is -1.57. The van der Waals surface area contributed by atoms with Gasteiger partial charge in [0, 0.05) is 25.8 Å². The van der Waals surface area contributed by atoms with Gasteiger partial charge >= 0.3 is 5.69 Å². The number of aliphatic hydroxyl groups is 1. The van der Waals surface area contributed by atoms with Crippen molar-refractivity contribution in [2.75, 3.05) is 20.3 Å². The van der Waals surface area contributed by atoms with Crippen molar-refractivity contribution < 1.29 is 19.2 Å². The van der Waals surface area contributed by atoms with Crippen molar-refractivity contribution in [3.8, 4) is 0 Å². The molecule has 1 aromatic carbocycles. The molecule has 0 radical (unpaired) electrons. The average molecular weight is 286 g/mol. The molecule has 112 valence electrons. The van der Waals surface area contributed by atoms with Gasteiger partial charge in [0.2, 0.25) is 5.82 Å². The van der Waals surface area contributed by atoms with E-state index in [1.165, 1.54) is 6.07 Å². The van der Waals surface area contributed by atoms with E-state index >= 15 is 0 Å². The van der Waals surface area contributed by atoms with Crippen LogP contribution in [-0.2, 0) is 4.74 Å². The van der Waals surface area contributed by atoms with Gasteiger partial charge in [-0.25, -0.2) is 0 Å². The molecule has 0 spiro atoms. The number of hydrogen-bond acceptors (Lipinski definition) is 5. The monoisotopic (exact) mass is 286 g/mol. The Bertz CT molecular complexity index is 456. The average Bonchev–Trinajstić information content (AvgIpc) is 2.42. The topological polar surface area (TPSA) is 84.6 Å². The van der Waals surface area contributed by atoms with Crippen molar-refractivity contribution in [1.29, 1.82) is 0 Å². The summed E-state index contributed by atoms with van der Waals surface area (Å²) in [7, 11) is 1.61. The SMILES string of the molecule is COCCCNC(C)C(O)c1ccc(F)c([N+](=O)[O-])c1. The Morgan fingerprint density at radius 2 is 2.25 bits per heavy atom. The molecule has 0 saturated heterocycles. The molecular weight excluding hydrogens is 267 g/mol. The molecule has 0 amide bonds. The summed E-state index contributed by atoms with van der Waals surface area (Å²) in [5.41, 5.74) is -0.321. The van der Waals surface area contributed by atoms with Crippen LogP contribution in [0.2, 0.25) is 0 Å². The van der Waals surface area contributed by atoms with Crippen LogP contribution < -0.4 is 5.32 Å². The normalized spacial score (nSPS) is 14.0. The van der Waals surface area contributed by atoms with E-state index in [1.807, 2.05) is 0 Å². The fourth-order valence-corrected chi connectivity index (χ4v) is 1.80. The molecule has 7 heteroatoms. The minimum atomic E-state index is -0.947. The lowest BCUT2D eigenvalue weighted by Gasteiger charge is -2.20. The molecule has 2 unspecified atom stereocenters. The van der Waals surface area contributed by atoms with E-state index in [2.05, 4.69) is 5.32 Å². The molecular formula is C13H19FN2O4. The number of nitro benzene ring substituents is 1. The van der Waals surface area contributed by atoms with Crippen LogP contribution in [0.4, 0.5) is 10.1 Å². The van der Waals surface area contributed by atoms with Crippen LogP contribution in [0.1, 0.15) is 25.0 Å². The van der Waals surface area contributed by atoms with Crippen LogP contribution >= 0.6 is 0 Å². The first-order valence-electron chi connectivity index (χ1n) is 6.31. The van der Waals surface area contributed by atoms with Crippen molar-refractivity contribution in [2.24, 2.45) is 0 Å². The molecule has 0 bridgehead atoms. The summed E-state index contributed by atoms with van der Waals surface area (Å²) in [6, 6.07) is 3.10. The van der Waals surface area contributed by atoms with Crippen molar-refractivity contribution in [1.82, 2.24) is 5.32 Å². The maximum atomic E-state index is 13.2. The van der Waals surface area contributed by atoms with Crippen LogP contribution in [0.5, 0.6) is 0 Å². The van der Waals surface area contributed by atoms with Crippen LogP contribution in [-0.4, -0.2) is 36.3 Å². The fourth-order valence-electron chi connectivity index (χ4n) is 1.80. The first-order chi connectivity index (χ1) is 9.47. The summed E-state index contributed by atoms with van der Waals surface area (Å²) in [5, 5.41) is 23.9. The predicted molar refractivity (Wildman–Crippen MR) is 72.0 cm³/mol. The zero-order chi connectivity index (χ0) is 15.1. The first-order valence-corrected chi connectivity index (χ1v) is 6.31. The van der Waals surface area contributed by atoms with Crippen molar-refractivity contribution >= 4 is 5.69 Å². The number of benzene rings is 1. The van der Waals surface area contributed by atoms with Crippen LogP contribution in [0.25, 0.3) is 0 Å². The molecule has 1 aromatic rings. The van der Waals surface area contributed by atoms with Gasteiger partial charge in [0.1, 0.15) is 0 Å². The third kappa shape index (κ3) is 4.52. The van der Waals surface area contributed by atoms with Crippen molar-refractivity contribution in [2.45, 2.75) is 25.5 Å². The van der Waals surface area contributed by atoms with Crippen LogP contribution in [0, 0.1) is 15.9 Å². The molecule has 6 nitrogen and oxygen atoms in total. The maximum Gasteiger partial charge on any atom is 0.305 e. The zero-order valence-corrected chi connectivity index (χ0v) is 11.5. The van der Waals surface area contributed by atoms with Crippen molar-refractivity contribution in [3.05, 3.63) is 39.7 Å². The molecule has 20 heavy (non-hydrogen) atoms. The third-order valence-electron chi connectivity index (χ3n) is 2.97. The van der Waals surface area contributed by atoms with Gasteiger partial charge in [0.25, 0.3) is 0 Å². The summed E-state index contributed by atoms with van der Waals surface area (Å²) in [6.45, 7) is 3.01. The number of nitrogens with one attached hydrogen (secondary N) is 1. The summed E-state index contributed by atoms with van der Waals surface area (Å²) in [6.07, 6.45) is -0.159. The smallest absolute Gasteiger partial charge is 0.305 e. The molecule has 2 atom stereocenters. The van der Waals surface area contributed by atoms with E-state index in [0.29, 0.717) is 18.7 Å². The summed E-state index contributed by atoms with van der Waals surface area (Å²) < 4.78 is 18.1. The largest absolute Gasteiger partial charge is 0.387 e. The number of nitrogens with zero attached hydrogens (tertiary/aromatic N) is 1. The van der Waals surface area contributed by atoms with Crippen LogP contribution in [0.15, 0.2) is 18.2 Å². The summed E-state index contributed by atoms with van der Waals surface area (Å²) in [5.74, 6) is -0.911. The predicted octanol–water partition coefficient (Wildman–Crippen LogP) is 1.78. The standard InChI is InChI=1S/C13H19FN2O4/c1-9(15-6-3-7-20-2)13(17)10-4-5-11(14)12(8-10)16(18)19/h4-5,8-9,13,15,17H,3,6-7H2,1-2H3. The lowest BCUT2D eigenvalue weighted by molar-refractivity contribution is -0.387. The van der Waals surface area contributed by atoms with E-state index in [0.717, 1.165) is 18.6 Å². The van der Waals surface area contributed by atoms with E-state index in [-0.39, 0.29) is 6.04 Å². The van der Waals surface area contributed by atoms with Crippen molar-refractivity contribution in [3.63, 3.8) is 0 Å². The third-order valence-corrected chi connectivity index (χ3v) is 2.97. The Morgan fingerprint density at radius 1 is 1.55 bits per heavy atom. The maximum absolute atomic E-state index is 13.2. The highest BCUT2D eigenvalue weighted by Crippen LogP contribution is 2.24. The molecule has 0 aliphatic carbocycles. The fraction of sp³-hybridized carbons (Fsp3) is 0.538. The number of aliphatic hydroxyl groups excluding tert-OH is 1. The van der Waals surface area contributed by atoms with Gasteiger partial charge < -0.3 is 15.2 Å². The lowest BCUT2D eigenvalue weighted by atomic mass is 10.0. The quantitative estimate of drug-likeness (QED) is 0.432. The van der Waals surface area contributed by atoms with Gasteiger partial charge in [0.05, 0.1) is 11.0 Å². The number of ether oxygens (including phenoxy) is 1. The van der Waals surface area contributed by atoms with E-state index < -0.39 is 22.5 Å². The second kappa shape index (κ2) is 7.88. The van der Waals surface area contributed by atoms with Gasteiger partial charge in [-0.05, 0) is 31.5 Å². The summed E-state index contributed by atoms with van der Waals surface area (Å²) in [4.78, 5) is 9.86. The zero-order valence-electron chi connectivity index (χ0n) is 11.5. The van der Waals surface area contributed by atoms with E-state index in [1.54, 1.807) is 14.0 Å². The van der Waals surface area contributed by atoms with Gasteiger partial charge in [-0.3, -0.25) is 10.1 Å². The van der Waals surface area contributed by atoms with Gasteiger partial charge in [-0.15, -0.1) is 0 Å². The number of halogens is 1.